The summed E-state index contributed by atoms with van der Waals surface area (Å²) >= 11 is 0. The first kappa shape index (κ1) is 37.4. The van der Waals surface area contributed by atoms with E-state index in [0.717, 1.165) is 107 Å². The number of aliphatic hydroxyl groups is 2. The van der Waals surface area contributed by atoms with Crippen molar-refractivity contribution in [1.29, 1.82) is 0 Å². The third-order valence-electron chi connectivity index (χ3n) is 17.7. The number of nitrogens with one attached hydrogen (secondary N) is 1. The highest BCUT2D eigenvalue weighted by Gasteiger charge is 2.74. The summed E-state index contributed by atoms with van der Waals surface area (Å²) in [6.45, 7) is 5.13. The molecule has 6 fully saturated rings. The average Bonchev–Trinajstić information content (AvgIpc) is 4.16. The minimum Gasteiger partial charge on any atom is -0.504 e. The summed E-state index contributed by atoms with van der Waals surface area (Å²) in [6.07, 6.45) is 12.1. The smallest absolute Gasteiger partial charge is 0.165 e. The predicted molar refractivity (Wildman–Crippen MR) is 224 cm³/mol. The summed E-state index contributed by atoms with van der Waals surface area (Å²) < 4.78 is 13.1. The van der Waals surface area contributed by atoms with Crippen molar-refractivity contribution in [3.8, 4) is 23.0 Å². The van der Waals surface area contributed by atoms with E-state index in [1.54, 1.807) is 12.1 Å². The van der Waals surface area contributed by atoms with Gasteiger partial charge in [-0.05, 0) is 145 Å². The van der Waals surface area contributed by atoms with Crippen LogP contribution in [-0.4, -0.2) is 123 Å². The molecular formula is C49H62N4O6. The molecule has 2 saturated heterocycles. The van der Waals surface area contributed by atoms with E-state index in [4.69, 9.17) is 9.47 Å². The van der Waals surface area contributed by atoms with Crippen LogP contribution < -0.4 is 14.8 Å². The van der Waals surface area contributed by atoms with Gasteiger partial charge in [-0.1, -0.05) is 42.5 Å². The van der Waals surface area contributed by atoms with Crippen molar-refractivity contribution in [3.63, 3.8) is 0 Å². The SMILES string of the molecule is CN(Cc1ccccc1)[C@H]1CC[C@]2(O)C3Cc4ccc(O)c5c4[C@]2(CCN3CC2CC2)[C@@H]1O5.CN[C@H]1CC[C@]2(O)C3Cc4ccc(O)c5c4[C@]2(CCN3CC2CC2)[C@@H]1O5. The van der Waals surface area contributed by atoms with Crippen LogP contribution in [0, 0.1) is 11.8 Å². The minimum absolute atomic E-state index is 0.0980. The van der Waals surface area contributed by atoms with E-state index >= 15 is 0 Å². The molecule has 4 heterocycles. The van der Waals surface area contributed by atoms with Crippen molar-refractivity contribution < 1.29 is 29.9 Å². The first-order valence-corrected chi connectivity index (χ1v) is 23.0. The molecule has 4 bridgehead atoms. The van der Waals surface area contributed by atoms with E-state index in [0.29, 0.717) is 11.5 Å². The van der Waals surface area contributed by atoms with Crippen LogP contribution in [-0.2, 0) is 30.2 Å². The van der Waals surface area contributed by atoms with Gasteiger partial charge < -0.3 is 35.2 Å². The molecule has 314 valence electrons. The monoisotopic (exact) mass is 802 g/mol. The maximum Gasteiger partial charge on any atom is 0.165 e. The first-order valence-electron chi connectivity index (χ1n) is 23.0. The molecule has 13 rings (SSSR count). The molecule has 10 nitrogen and oxygen atoms in total. The highest BCUT2D eigenvalue weighted by molar-refractivity contribution is 5.64. The number of likely N-dealkylation sites (tertiary alicyclic amines) is 2. The predicted octanol–water partition coefficient (Wildman–Crippen LogP) is 5.00. The van der Waals surface area contributed by atoms with Gasteiger partial charge >= 0.3 is 0 Å². The number of aromatic hydroxyl groups is 2. The molecule has 59 heavy (non-hydrogen) atoms. The first-order chi connectivity index (χ1) is 28.6. The molecule has 2 unspecified atom stereocenters. The summed E-state index contributed by atoms with van der Waals surface area (Å²) in [4.78, 5) is 7.59. The summed E-state index contributed by atoms with van der Waals surface area (Å²) in [6, 6.07) is 19.0. The second-order valence-electron chi connectivity index (χ2n) is 20.5. The van der Waals surface area contributed by atoms with Crippen molar-refractivity contribution in [1.82, 2.24) is 20.0 Å². The Hall–Kier alpha value is -3.38. The Morgan fingerprint density at radius 1 is 0.678 bits per heavy atom. The van der Waals surface area contributed by atoms with Crippen LogP contribution in [0.4, 0.5) is 0 Å². The van der Waals surface area contributed by atoms with Crippen molar-refractivity contribution in [3.05, 3.63) is 82.4 Å². The zero-order valence-corrected chi connectivity index (χ0v) is 34.8. The van der Waals surface area contributed by atoms with Gasteiger partial charge in [-0.15, -0.1) is 0 Å². The minimum atomic E-state index is -0.805. The second kappa shape index (κ2) is 13.1. The Bertz CT molecular complexity index is 2160. The highest BCUT2D eigenvalue weighted by Crippen LogP contribution is 2.67. The van der Waals surface area contributed by atoms with Gasteiger partial charge in [0, 0.05) is 54.9 Å². The lowest BCUT2D eigenvalue weighted by Gasteiger charge is -2.64. The molecule has 10 heteroatoms. The Labute approximate surface area is 348 Å². The third kappa shape index (κ3) is 5.08. The fourth-order valence-electron chi connectivity index (χ4n) is 14.7. The third-order valence-corrected chi connectivity index (χ3v) is 17.7. The average molecular weight is 803 g/mol. The van der Waals surface area contributed by atoms with Crippen molar-refractivity contribution in [2.75, 3.05) is 40.3 Å². The number of rotatable bonds is 8. The molecule has 0 radical (unpaired) electrons. The van der Waals surface area contributed by atoms with Gasteiger partial charge in [0.05, 0.1) is 22.0 Å². The van der Waals surface area contributed by atoms with Crippen molar-refractivity contribution in [2.24, 2.45) is 11.8 Å². The fraction of sp³-hybridized carbons (Fsp3) is 0.633. The van der Waals surface area contributed by atoms with Crippen LogP contribution in [0.1, 0.15) is 92.0 Å². The van der Waals surface area contributed by atoms with E-state index in [-0.39, 0.29) is 53.3 Å². The van der Waals surface area contributed by atoms with E-state index in [9.17, 15) is 20.4 Å². The lowest BCUT2D eigenvalue weighted by Crippen LogP contribution is -2.78. The molecule has 10 atom stereocenters. The molecule has 10 aliphatic rings. The standard InChI is InChI=1S/C28H34N2O3.C21H28N2O3/c1-29(16-18-5-3-2-4-6-18)21-11-12-28(32)23-15-20-9-10-22(31)25-24(20)27(28,26(21)33-25)13-14-30(23)17-19-7-8-19;1-22-14-6-7-21(25)16-10-13-4-5-15(24)18-17(13)20(21,19(14)26-18)8-9-23(16)11-12-2-3-12/h2-6,9-10,19,21,23,26,31-32H,7-8,11-17H2,1H3;4-5,12,14,16,19,22,24-25H,2-3,6-11H2,1H3/t21-,23?,26+,27+,28-;14-,16?,19+,20+,21-/m00/s1. The van der Waals surface area contributed by atoms with E-state index < -0.39 is 16.6 Å². The van der Waals surface area contributed by atoms with Gasteiger partial charge in [-0.3, -0.25) is 14.7 Å². The zero-order chi connectivity index (χ0) is 40.1. The van der Waals surface area contributed by atoms with E-state index in [1.807, 2.05) is 7.05 Å². The second-order valence-corrected chi connectivity index (χ2v) is 20.5. The van der Waals surface area contributed by atoms with Crippen LogP contribution >= 0.6 is 0 Å². The summed E-state index contributed by atoms with van der Waals surface area (Å²) in [5, 5.41) is 49.5. The number of likely N-dealkylation sites (N-methyl/N-ethyl adjacent to an activating group) is 2. The molecule has 0 aromatic heterocycles. The molecule has 3 aromatic rings. The fourth-order valence-corrected chi connectivity index (χ4v) is 14.7. The van der Waals surface area contributed by atoms with Gasteiger partial charge in [-0.2, -0.15) is 0 Å². The number of nitrogens with zero attached hydrogens (tertiary/aromatic N) is 3. The molecule has 4 aliphatic heterocycles. The normalized spacial score (nSPS) is 39.4. The molecule has 3 aromatic carbocycles. The van der Waals surface area contributed by atoms with Gasteiger partial charge in [0.15, 0.2) is 23.0 Å². The lowest BCUT2D eigenvalue weighted by molar-refractivity contribution is -0.200. The quantitative estimate of drug-likeness (QED) is 0.213. The maximum absolute atomic E-state index is 12.6. The maximum atomic E-state index is 12.6. The van der Waals surface area contributed by atoms with E-state index in [1.165, 1.54) is 42.4 Å². The number of hydrogen-bond donors (Lipinski definition) is 5. The molecule has 5 N–H and O–H groups in total. The van der Waals surface area contributed by atoms with Crippen LogP contribution in [0.2, 0.25) is 0 Å². The Balaban J connectivity index is 0.000000131. The topological polar surface area (TPSA) is 121 Å². The number of benzene rings is 3. The highest BCUT2D eigenvalue weighted by atomic mass is 16.5. The van der Waals surface area contributed by atoms with E-state index in [2.05, 4.69) is 69.5 Å². The number of ether oxygens (including phenoxy) is 2. The number of hydrogen-bond acceptors (Lipinski definition) is 10. The van der Waals surface area contributed by atoms with Crippen LogP contribution in [0.3, 0.4) is 0 Å². The Morgan fingerprint density at radius 3 is 1.75 bits per heavy atom. The largest absolute Gasteiger partial charge is 0.504 e. The van der Waals surface area contributed by atoms with Gasteiger partial charge in [0.25, 0.3) is 0 Å². The van der Waals surface area contributed by atoms with Crippen LogP contribution in [0.25, 0.3) is 0 Å². The molecule has 2 spiro atoms. The van der Waals surface area contributed by atoms with Gasteiger partial charge in [-0.25, -0.2) is 0 Å². The van der Waals surface area contributed by atoms with Gasteiger partial charge in [0.1, 0.15) is 12.2 Å². The molecule has 4 saturated carbocycles. The molecular weight excluding hydrogens is 741 g/mol. The Kier molecular flexibility index (Phi) is 8.28. The zero-order valence-electron chi connectivity index (χ0n) is 34.8. The summed E-state index contributed by atoms with van der Waals surface area (Å²) in [7, 11) is 4.18. The molecule has 0 amide bonds. The van der Waals surface area contributed by atoms with Crippen molar-refractivity contribution >= 4 is 0 Å². The Morgan fingerprint density at radius 2 is 1.20 bits per heavy atom. The summed E-state index contributed by atoms with van der Waals surface area (Å²) in [5.41, 5.74) is 3.68. The van der Waals surface area contributed by atoms with Gasteiger partial charge in [0.2, 0.25) is 0 Å². The van der Waals surface area contributed by atoms with Crippen LogP contribution in [0.15, 0.2) is 54.6 Å². The van der Waals surface area contributed by atoms with Crippen molar-refractivity contribution in [2.45, 2.75) is 142 Å². The van der Waals surface area contributed by atoms with Crippen LogP contribution in [0.5, 0.6) is 23.0 Å². The molecule has 6 aliphatic carbocycles. The lowest BCUT2D eigenvalue weighted by atomic mass is 9.48. The number of piperidine rings is 2. The summed E-state index contributed by atoms with van der Waals surface area (Å²) in [5.74, 6) is 3.37. The number of phenols is 2. The number of phenolic OH excluding ortho intramolecular Hbond substituents is 2.